The van der Waals surface area contributed by atoms with Crippen LogP contribution < -0.4 is 9.64 Å². The molecule has 0 N–H and O–H groups in total. The summed E-state index contributed by atoms with van der Waals surface area (Å²) < 4.78 is 25.6. The molecule has 4 rings (SSSR count). The highest BCUT2D eigenvalue weighted by Gasteiger charge is 2.37. The van der Waals surface area contributed by atoms with Gasteiger partial charge in [0.1, 0.15) is 28.6 Å². The maximum absolute atomic E-state index is 14.6. The third-order valence-electron chi connectivity index (χ3n) is 5.01. The molecule has 31 heavy (non-hydrogen) atoms. The quantitative estimate of drug-likeness (QED) is 0.613. The van der Waals surface area contributed by atoms with Crippen molar-refractivity contribution in [1.82, 2.24) is 10.1 Å². The van der Waals surface area contributed by atoms with Crippen LogP contribution in [-0.2, 0) is 4.79 Å². The smallest absolute Gasteiger partial charge is 0.265 e. The van der Waals surface area contributed by atoms with Gasteiger partial charge in [0, 0.05) is 14.1 Å². The number of aryl methyl sites for hydroxylation is 1. The van der Waals surface area contributed by atoms with Gasteiger partial charge in [-0.3, -0.25) is 9.59 Å². The summed E-state index contributed by atoms with van der Waals surface area (Å²) >= 11 is 6.20. The van der Waals surface area contributed by atoms with E-state index in [9.17, 15) is 14.0 Å². The Hall–Kier alpha value is -3.39. The minimum Gasteiger partial charge on any atom is -0.476 e. The summed E-state index contributed by atoms with van der Waals surface area (Å²) in [6, 6.07) is 11.1. The van der Waals surface area contributed by atoms with Crippen LogP contribution in [-0.4, -0.2) is 48.6 Å². The van der Waals surface area contributed by atoms with Crippen molar-refractivity contribution in [3.8, 4) is 17.0 Å². The number of fused-ring (bicyclic) bond motifs is 1. The van der Waals surface area contributed by atoms with Gasteiger partial charge in [-0.25, -0.2) is 4.39 Å². The highest BCUT2D eigenvalue weighted by Crippen LogP contribution is 2.38. The van der Waals surface area contributed by atoms with Crippen LogP contribution in [0.15, 0.2) is 47.0 Å². The number of aromatic nitrogens is 1. The maximum atomic E-state index is 14.6. The summed E-state index contributed by atoms with van der Waals surface area (Å²) in [4.78, 5) is 29.1. The van der Waals surface area contributed by atoms with Crippen LogP contribution in [0, 0.1) is 12.7 Å². The molecule has 0 aliphatic carbocycles. The minimum atomic E-state index is -0.894. The number of benzene rings is 2. The molecule has 1 atom stereocenters. The van der Waals surface area contributed by atoms with Crippen molar-refractivity contribution in [2.24, 2.45) is 0 Å². The Morgan fingerprint density at radius 1 is 1.19 bits per heavy atom. The second-order valence-electron chi connectivity index (χ2n) is 7.28. The predicted octanol–water partition coefficient (Wildman–Crippen LogP) is 3.94. The fourth-order valence-corrected chi connectivity index (χ4v) is 3.75. The van der Waals surface area contributed by atoms with E-state index in [1.54, 1.807) is 45.3 Å². The fraction of sp³-hybridized carbons (Fsp3) is 0.227. The lowest BCUT2D eigenvalue weighted by Gasteiger charge is -2.35. The first-order chi connectivity index (χ1) is 14.8. The maximum Gasteiger partial charge on any atom is 0.265 e. The molecule has 9 heteroatoms. The van der Waals surface area contributed by atoms with Crippen LogP contribution >= 0.6 is 11.6 Å². The van der Waals surface area contributed by atoms with Crippen LogP contribution in [0.4, 0.5) is 10.1 Å². The summed E-state index contributed by atoms with van der Waals surface area (Å²) in [5.74, 6) is -0.814. The Morgan fingerprint density at radius 3 is 2.65 bits per heavy atom. The molecule has 0 unspecified atom stereocenters. The first-order valence-electron chi connectivity index (χ1n) is 9.49. The summed E-state index contributed by atoms with van der Waals surface area (Å²) in [5.41, 5.74) is 0.540. The van der Waals surface area contributed by atoms with Gasteiger partial charge in [0.25, 0.3) is 11.8 Å². The van der Waals surface area contributed by atoms with Crippen LogP contribution in [0.3, 0.4) is 0 Å². The minimum absolute atomic E-state index is 0.00468. The van der Waals surface area contributed by atoms with Gasteiger partial charge < -0.3 is 19.1 Å². The molecule has 2 heterocycles. The number of halogens is 2. The molecule has 2 aromatic carbocycles. The van der Waals surface area contributed by atoms with Crippen molar-refractivity contribution in [3.63, 3.8) is 0 Å². The Bertz CT molecular complexity index is 1160. The molecular formula is C22H19ClFN3O4. The van der Waals surface area contributed by atoms with Crippen molar-refractivity contribution in [2.75, 3.05) is 25.5 Å². The van der Waals surface area contributed by atoms with E-state index < -0.39 is 17.8 Å². The number of likely N-dealkylation sites (N-methyl/N-ethyl adjacent to an activating group) is 1. The Kier molecular flexibility index (Phi) is 5.41. The lowest BCUT2D eigenvalue weighted by Crippen LogP contribution is -2.50. The number of hydrogen-bond acceptors (Lipinski definition) is 5. The average molecular weight is 444 g/mol. The van der Waals surface area contributed by atoms with E-state index in [0.717, 1.165) is 0 Å². The van der Waals surface area contributed by atoms with Crippen molar-refractivity contribution >= 4 is 29.1 Å². The molecule has 7 nitrogen and oxygen atoms in total. The van der Waals surface area contributed by atoms with Gasteiger partial charge in [0.05, 0.1) is 22.8 Å². The molecule has 0 bridgehead atoms. The van der Waals surface area contributed by atoms with Gasteiger partial charge in [-0.15, -0.1) is 0 Å². The molecule has 0 radical (unpaired) electrons. The van der Waals surface area contributed by atoms with E-state index in [4.69, 9.17) is 20.9 Å². The first kappa shape index (κ1) is 20.9. The zero-order valence-electron chi connectivity index (χ0n) is 17.1. The average Bonchev–Trinajstić information content (AvgIpc) is 3.12. The number of para-hydroxylation sites is 2. The monoisotopic (exact) mass is 443 g/mol. The summed E-state index contributed by atoms with van der Waals surface area (Å²) in [7, 11) is 3.22. The van der Waals surface area contributed by atoms with E-state index >= 15 is 0 Å². The van der Waals surface area contributed by atoms with E-state index in [0.29, 0.717) is 11.4 Å². The number of carbonyl (C=O) groups excluding carboxylic acids is 2. The third kappa shape index (κ3) is 3.63. The standard InChI is InChI=1S/C22H19ClFN3O4/c1-12-18(20(25-31-12)19-13(23)7-6-8-14(19)24)22(29)27-11-17(21(28)26(2)3)30-16-10-5-4-9-15(16)27/h4-10,17H,11H2,1-3H3/t17-/m0/s1. The lowest BCUT2D eigenvalue weighted by molar-refractivity contribution is -0.135. The van der Waals surface area contributed by atoms with E-state index in [2.05, 4.69) is 5.16 Å². The number of anilines is 1. The molecule has 0 saturated carbocycles. The van der Waals surface area contributed by atoms with E-state index in [-0.39, 0.29) is 40.1 Å². The molecule has 0 spiro atoms. The normalized spacial score (nSPS) is 15.3. The number of nitrogens with zero attached hydrogens (tertiary/aromatic N) is 3. The zero-order valence-corrected chi connectivity index (χ0v) is 17.8. The number of amides is 2. The molecule has 2 amide bonds. The summed E-state index contributed by atoms with van der Waals surface area (Å²) in [5, 5.41) is 4.01. The largest absolute Gasteiger partial charge is 0.476 e. The van der Waals surface area contributed by atoms with Gasteiger partial charge in [-0.2, -0.15) is 0 Å². The highest BCUT2D eigenvalue weighted by atomic mass is 35.5. The molecule has 0 fully saturated rings. The van der Waals surface area contributed by atoms with E-state index in [1.165, 1.54) is 28.0 Å². The number of ether oxygens (including phenoxy) is 1. The van der Waals surface area contributed by atoms with Crippen molar-refractivity contribution < 1.29 is 23.2 Å². The molecule has 1 aromatic heterocycles. The first-order valence-corrected chi connectivity index (χ1v) is 9.86. The van der Waals surface area contributed by atoms with Crippen molar-refractivity contribution in [2.45, 2.75) is 13.0 Å². The predicted molar refractivity (Wildman–Crippen MR) is 113 cm³/mol. The van der Waals surface area contributed by atoms with Gasteiger partial charge in [0.15, 0.2) is 6.10 Å². The molecular weight excluding hydrogens is 425 g/mol. The van der Waals surface area contributed by atoms with Crippen LogP contribution in [0.25, 0.3) is 11.3 Å². The molecule has 160 valence electrons. The fourth-order valence-electron chi connectivity index (χ4n) is 3.50. The summed E-state index contributed by atoms with van der Waals surface area (Å²) in [6.45, 7) is 1.54. The molecule has 1 aliphatic heterocycles. The summed E-state index contributed by atoms with van der Waals surface area (Å²) in [6.07, 6.45) is -0.894. The Labute approximate surface area is 182 Å². The van der Waals surface area contributed by atoms with Crippen LogP contribution in [0.2, 0.25) is 5.02 Å². The second-order valence-corrected chi connectivity index (χ2v) is 7.69. The van der Waals surface area contributed by atoms with Crippen molar-refractivity contribution in [3.05, 3.63) is 64.6 Å². The topological polar surface area (TPSA) is 75.9 Å². The second kappa shape index (κ2) is 8.03. The van der Waals surface area contributed by atoms with E-state index in [1.807, 2.05) is 0 Å². The molecule has 0 saturated heterocycles. The van der Waals surface area contributed by atoms with Gasteiger partial charge in [0.2, 0.25) is 0 Å². The van der Waals surface area contributed by atoms with Crippen LogP contribution in [0.5, 0.6) is 5.75 Å². The van der Waals surface area contributed by atoms with Crippen molar-refractivity contribution in [1.29, 1.82) is 0 Å². The number of hydrogen-bond donors (Lipinski definition) is 0. The molecule has 1 aliphatic rings. The zero-order chi connectivity index (χ0) is 22.3. The number of carbonyl (C=O) groups is 2. The third-order valence-corrected chi connectivity index (χ3v) is 5.33. The Morgan fingerprint density at radius 2 is 1.94 bits per heavy atom. The molecule has 3 aromatic rings. The lowest BCUT2D eigenvalue weighted by atomic mass is 10.0. The van der Waals surface area contributed by atoms with Gasteiger partial charge in [-0.05, 0) is 31.2 Å². The van der Waals surface area contributed by atoms with Gasteiger partial charge >= 0.3 is 0 Å². The SMILES string of the molecule is Cc1onc(-c2c(F)cccc2Cl)c1C(=O)N1C[C@@H](C(=O)N(C)C)Oc2ccccc21. The van der Waals surface area contributed by atoms with Crippen LogP contribution in [0.1, 0.15) is 16.1 Å². The number of rotatable bonds is 3. The van der Waals surface area contributed by atoms with Gasteiger partial charge in [-0.1, -0.05) is 35.0 Å². The highest BCUT2D eigenvalue weighted by molar-refractivity contribution is 6.33. The Balaban J connectivity index is 1.82.